The van der Waals surface area contributed by atoms with Crippen LogP contribution in [0.2, 0.25) is 0 Å². The molecule has 1 aromatic carbocycles. The number of hydrogen-bond acceptors (Lipinski definition) is 7. The van der Waals surface area contributed by atoms with Gasteiger partial charge in [0, 0.05) is 55.1 Å². The van der Waals surface area contributed by atoms with Crippen molar-refractivity contribution in [2.24, 2.45) is 11.3 Å². The molecular weight excluding hydrogens is 502 g/mol. The zero-order valence-electron chi connectivity index (χ0n) is 21.8. The average molecular weight is 542 g/mol. The van der Waals surface area contributed by atoms with Crippen molar-refractivity contribution in [2.45, 2.75) is 51.0 Å². The third-order valence-electron chi connectivity index (χ3n) is 8.28. The van der Waals surface area contributed by atoms with Crippen molar-refractivity contribution in [3.63, 3.8) is 0 Å². The summed E-state index contributed by atoms with van der Waals surface area (Å²) >= 11 is -1.81. The van der Waals surface area contributed by atoms with E-state index in [1.54, 1.807) is 12.1 Å². The van der Waals surface area contributed by atoms with E-state index in [4.69, 9.17) is 9.29 Å². The summed E-state index contributed by atoms with van der Waals surface area (Å²) < 4.78 is 25.3. The molecule has 3 aliphatic rings. The number of nitrogens with one attached hydrogen (secondary N) is 4. The van der Waals surface area contributed by atoms with Crippen molar-refractivity contribution in [3.8, 4) is 5.75 Å². The lowest BCUT2D eigenvalue weighted by Gasteiger charge is -2.29. The van der Waals surface area contributed by atoms with E-state index in [2.05, 4.69) is 26.3 Å². The van der Waals surface area contributed by atoms with Crippen LogP contribution in [0.1, 0.15) is 54.4 Å². The zero-order chi connectivity index (χ0) is 26.4. The minimum absolute atomic E-state index is 0.0166. The SMILES string of the molecule is O=C(NC1CC12CCC(CCNCCNc1nccc3c1OCC3)CC2)c1ccc(NCCS(=O)O)cc1. The number of amides is 1. The van der Waals surface area contributed by atoms with Crippen molar-refractivity contribution in [1.82, 2.24) is 15.6 Å². The second-order valence-electron chi connectivity index (χ2n) is 10.8. The Hall–Kier alpha value is -2.69. The first-order chi connectivity index (χ1) is 18.5. The van der Waals surface area contributed by atoms with Crippen LogP contribution in [0.4, 0.5) is 11.5 Å². The molecule has 38 heavy (non-hydrogen) atoms. The molecule has 10 heteroatoms. The first-order valence-electron chi connectivity index (χ1n) is 13.8. The van der Waals surface area contributed by atoms with Gasteiger partial charge in [-0.1, -0.05) is 0 Å². The summed E-state index contributed by atoms with van der Waals surface area (Å²) in [5.74, 6) is 2.68. The molecule has 5 rings (SSSR count). The number of aromatic nitrogens is 1. The number of anilines is 2. The third kappa shape index (κ3) is 6.84. The standard InChI is InChI=1S/C28H39N5O4S/c34-27(22-1-3-23(4-2-22)30-16-18-38(35)36)33-24-19-28(24)10-5-20(6-11-28)7-12-29-14-15-32-26-25-21(8-13-31-26)9-17-37-25/h1-4,8,13,20,24,29-30H,5-7,9-12,14-19H2,(H,31,32)(H,33,34)(H,35,36). The number of rotatable bonds is 13. The summed E-state index contributed by atoms with van der Waals surface area (Å²) in [6.45, 7) is 3.91. The number of hydrogen-bond donors (Lipinski definition) is 5. The minimum atomic E-state index is -1.81. The summed E-state index contributed by atoms with van der Waals surface area (Å²) in [7, 11) is 0. The van der Waals surface area contributed by atoms with Gasteiger partial charge in [-0.2, -0.15) is 0 Å². The average Bonchev–Trinajstić information content (AvgIpc) is 3.32. The third-order valence-corrected chi connectivity index (χ3v) is 8.83. The molecular formula is C28H39N5O4S. The molecule has 2 saturated carbocycles. The predicted octanol–water partition coefficient (Wildman–Crippen LogP) is 3.42. The Bertz CT molecular complexity index is 1120. The van der Waals surface area contributed by atoms with E-state index in [1.165, 1.54) is 37.7 Å². The minimum Gasteiger partial charge on any atom is -0.489 e. The molecule has 9 nitrogen and oxygen atoms in total. The van der Waals surface area contributed by atoms with Crippen LogP contribution in [0.5, 0.6) is 5.75 Å². The number of pyridine rings is 1. The molecule has 5 N–H and O–H groups in total. The van der Waals surface area contributed by atoms with Crippen LogP contribution in [0.3, 0.4) is 0 Å². The highest BCUT2D eigenvalue weighted by Crippen LogP contribution is 2.57. The first kappa shape index (κ1) is 26.9. The highest BCUT2D eigenvalue weighted by atomic mass is 32.2. The molecule has 1 aliphatic heterocycles. The normalized spacial score (nSPS) is 24.3. The van der Waals surface area contributed by atoms with Crippen molar-refractivity contribution >= 4 is 28.5 Å². The topological polar surface area (TPSA) is 125 Å². The van der Waals surface area contributed by atoms with Crippen LogP contribution >= 0.6 is 0 Å². The quantitative estimate of drug-likeness (QED) is 0.193. The second-order valence-corrected chi connectivity index (χ2v) is 11.8. The van der Waals surface area contributed by atoms with Crippen LogP contribution in [0, 0.1) is 11.3 Å². The smallest absolute Gasteiger partial charge is 0.251 e. The summed E-state index contributed by atoms with van der Waals surface area (Å²) in [5.41, 5.74) is 3.03. The van der Waals surface area contributed by atoms with E-state index in [1.807, 2.05) is 24.4 Å². The fourth-order valence-electron chi connectivity index (χ4n) is 5.84. The molecule has 1 aromatic heterocycles. The maximum absolute atomic E-state index is 12.7. The fraction of sp³-hybridized carbons (Fsp3) is 0.571. The lowest BCUT2D eigenvalue weighted by atomic mass is 9.78. The van der Waals surface area contributed by atoms with Crippen molar-refractivity contribution < 1.29 is 18.3 Å². The van der Waals surface area contributed by atoms with Gasteiger partial charge in [-0.15, -0.1) is 0 Å². The summed E-state index contributed by atoms with van der Waals surface area (Å²) in [4.78, 5) is 17.2. The van der Waals surface area contributed by atoms with E-state index < -0.39 is 11.1 Å². The molecule has 0 bridgehead atoms. The van der Waals surface area contributed by atoms with Gasteiger partial charge < -0.3 is 30.6 Å². The first-order valence-corrected chi connectivity index (χ1v) is 15.1. The van der Waals surface area contributed by atoms with Crippen LogP contribution in [-0.4, -0.2) is 64.2 Å². The van der Waals surface area contributed by atoms with E-state index in [-0.39, 0.29) is 17.7 Å². The largest absolute Gasteiger partial charge is 0.489 e. The van der Waals surface area contributed by atoms with Gasteiger partial charge in [0.1, 0.15) is 0 Å². The highest BCUT2D eigenvalue weighted by Gasteiger charge is 2.55. The highest BCUT2D eigenvalue weighted by molar-refractivity contribution is 7.79. The van der Waals surface area contributed by atoms with E-state index >= 15 is 0 Å². The molecule has 2 heterocycles. The van der Waals surface area contributed by atoms with E-state index in [0.717, 1.165) is 62.3 Å². The van der Waals surface area contributed by atoms with Gasteiger partial charge in [0.25, 0.3) is 5.91 Å². The number of carbonyl (C=O) groups excluding carboxylic acids is 1. The Morgan fingerprint density at radius 2 is 1.89 bits per heavy atom. The number of benzene rings is 1. The lowest BCUT2D eigenvalue weighted by molar-refractivity contribution is 0.0940. The molecule has 1 amide bonds. The number of ether oxygens (including phenoxy) is 1. The van der Waals surface area contributed by atoms with E-state index in [9.17, 15) is 9.00 Å². The van der Waals surface area contributed by atoms with E-state index in [0.29, 0.717) is 17.5 Å². The Balaban J connectivity index is 0.947. The summed E-state index contributed by atoms with van der Waals surface area (Å²) in [6, 6.07) is 9.61. The fourth-order valence-corrected chi connectivity index (χ4v) is 6.12. The monoisotopic (exact) mass is 541 g/mol. The molecule has 0 saturated heterocycles. The zero-order valence-corrected chi connectivity index (χ0v) is 22.7. The van der Waals surface area contributed by atoms with Gasteiger partial charge in [0.15, 0.2) is 22.6 Å². The second kappa shape index (κ2) is 12.4. The van der Waals surface area contributed by atoms with Crippen LogP contribution < -0.4 is 26.0 Å². The number of fused-ring (bicyclic) bond motifs is 1. The van der Waals surface area contributed by atoms with Gasteiger partial charge in [-0.3, -0.25) is 4.79 Å². The molecule has 2 atom stereocenters. The maximum atomic E-state index is 12.7. The molecule has 2 aliphatic carbocycles. The number of nitrogens with zero attached hydrogens (tertiary/aromatic N) is 1. The Labute approximate surface area is 227 Å². The van der Waals surface area contributed by atoms with Gasteiger partial charge in [0.2, 0.25) is 0 Å². The van der Waals surface area contributed by atoms with Gasteiger partial charge >= 0.3 is 0 Å². The maximum Gasteiger partial charge on any atom is 0.251 e. The molecule has 2 aromatic rings. The molecule has 206 valence electrons. The van der Waals surface area contributed by atoms with Crippen molar-refractivity contribution in [1.29, 1.82) is 0 Å². The molecule has 2 unspecified atom stereocenters. The molecule has 2 fully saturated rings. The summed E-state index contributed by atoms with van der Waals surface area (Å²) in [5, 5.41) is 13.3. The van der Waals surface area contributed by atoms with Crippen LogP contribution in [-0.2, 0) is 17.5 Å². The van der Waals surface area contributed by atoms with Crippen LogP contribution in [0.15, 0.2) is 36.5 Å². The summed E-state index contributed by atoms with van der Waals surface area (Å²) in [6.07, 6.45) is 9.97. The lowest BCUT2D eigenvalue weighted by Crippen LogP contribution is -2.32. The Morgan fingerprint density at radius 1 is 1.08 bits per heavy atom. The van der Waals surface area contributed by atoms with Crippen molar-refractivity contribution in [3.05, 3.63) is 47.7 Å². The van der Waals surface area contributed by atoms with Crippen molar-refractivity contribution in [2.75, 3.05) is 49.2 Å². The molecule has 1 spiro atoms. The number of carbonyl (C=O) groups is 1. The predicted molar refractivity (Wildman–Crippen MR) is 150 cm³/mol. The Kier molecular flexibility index (Phi) is 8.81. The van der Waals surface area contributed by atoms with Gasteiger partial charge in [-0.25, -0.2) is 9.19 Å². The Morgan fingerprint density at radius 3 is 2.68 bits per heavy atom. The van der Waals surface area contributed by atoms with Gasteiger partial charge in [0.05, 0.1) is 12.4 Å². The van der Waals surface area contributed by atoms with Gasteiger partial charge in [-0.05, 0) is 86.7 Å². The molecule has 0 radical (unpaired) electrons. The van der Waals surface area contributed by atoms with Crippen LogP contribution in [0.25, 0.3) is 0 Å².